The van der Waals surface area contributed by atoms with E-state index >= 15 is 0 Å². The van der Waals surface area contributed by atoms with E-state index in [1.54, 1.807) is 0 Å². The molecule has 9 rings (SSSR count). The van der Waals surface area contributed by atoms with E-state index in [2.05, 4.69) is 91.0 Å². The predicted molar refractivity (Wildman–Crippen MR) is 192 cm³/mol. The fourth-order valence-electron chi connectivity index (χ4n) is 6.35. The van der Waals surface area contributed by atoms with Crippen molar-refractivity contribution >= 4 is 32.8 Å². The Morgan fingerprint density at radius 2 is 0.936 bits per heavy atom. The summed E-state index contributed by atoms with van der Waals surface area (Å²) in [6.45, 7) is 0. The number of aromatic nitrogens is 3. The smallest absolute Gasteiger partial charge is 0.160 e. The molecule has 0 fully saturated rings. The number of nitrogens with zero attached hydrogens (tertiary/aromatic N) is 3. The van der Waals surface area contributed by atoms with Crippen molar-refractivity contribution in [3.05, 3.63) is 164 Å². The van der Waals surface area contributed by atoms with Gasteiger partial charge in [-0.2, -0.15) is 0 Å². The molecule has 6 aromatic carbocycles. The first kappa shape index (κ1) is 27.0. The van der Waals surface area contributed by atoms with Gasteiger partial charge < -0.3 is 4.42 Å². The van der Waals surface area contributed by atoms with E-state index in [4.69, 9.17) is 19.4 Å². The van der Waals surface area contributed by atoms with Crippen LogP contribution in [-0.2, 0) is 0 Å². The monoisotopic (exact) mass is 601 g/mol. The van der Waals surface area contributed by atoms with E-state index in [-0.39, 0.29) is 0 Å². The highest BCUT2D eigenvalue weighted by atomic mass is 16.3. The van der Waals surface area contributed by atoms with Crippen molar-refractivity contribution in [1.29, 1.82) is 0 Å². The second-order valence-corrected chi connectivity index (χ2v) is 11.6. The van der Waals surface area contributed by atoms with Crippen LogP contribution in [-0.4, -0.2) is 15.0 Å². The standard InChI is InChI=1S/C43H27N3O/c1-4-12-28(13-5-1)29-20-22-30(23-21-29)36-27-37(46-43(45-36)32-16-8-3-9-17-32)33-24-25-34-38(26-33)44-41(31-14-6-2-7-15-31)40-35-18-10-11-19-39(35)47-42(34)40/h1-27H. The molecule has 0 aliphatic rings. The van der Waals surface area contributed by atoms with Crippen LogP contribution in [0.5, 0.6) is 0 Å². The van der Waals surface area contributed by atoms with E-state index in [9.17, 15) is 0 Å². The van der Waals surface area contributed by atoms with Crippen LogP contribution in [0.4, 0.5) is 0 Å². The van der Waals surface area contributed by atoms with Crippen LogP contribution in [0.25, 0.3) is 89.1 Å². The number of para-hydroxylation sites is 1. The first-order valence-electron chi connectivity index (χ1n) is 15.7. The van der Waals surface area contributed by atoms with Crippen LogP contribution >= 0.6 is 0 Å². The molecule has 0 atom stereocenters. The fourth-order valence-corrected chi connectivity index (χ4v) is 6.35. The molecular formula is C43H27N3O. The molecule has 0 saturated carbocycles. The molecule has 0 aliphatic carbocycles. The summed E-state index contributed by atoms with van der Waals surface area (Å²) < 4.78 is 6.50. The van der Waals surface area contributed by atoms with E-state index < -0.39 is 0 Å². The van der Waals surface area contributed by atoms with Crippen LogP contribution in [0, 0.1) is 0 Å². The quantitative estimate of drug-likeness (QED) is 0.197. The summed E-state index contributed by atoms with van der Waals surface area (Å²) in [7, 11) is 0. The van der Waals surface area contributed by atoms with Crippen molar-refractivity contribution in [3.8, 4) is 56.3 Å². The minimum atomic E-state index is 0.677. The molecule has 0 radical (unpaired) electrons. The Balaban J connectivity index is 1.23. The largest absolute Gasteiger partial charge is 0.455 e. The van der Waals surface area contributed by atoms with Gasteiger partial charge in [-0.3, -0.25) is 0 Å². The zero-order valence-electron chi connectivity index (χ0n) is 25.3. The number of benzene rings is 6. The van der Waals surface area contributed by atoms with Gasteiger partial charge in [-0.15, -0.1) is 0 Å². The summed E-state index contributed by atoms with van der Waals surface area (Å²) in [5.41, 5.74) is 11.5. The molecule has 0 spiro atoms. The highest BCUT2D eigenvalue weighted by Crippen LogP contribution is 2.40. The van der Waals surface area contributed by atoms with Crippen LogP contribution in [0.15, 0.2) is 168 Å². The lowest BCUT2D eigenvalue weighted by Crippen LogP contribution is -1.96. The Morgan fingerprint density at radius 1 is 0.383 bits per heavy atom. The van der Waals surface area contributed by atoms with Crippen molar-refractivity contribution in [2.45, 2.75) is 0 Å². The molecule has 9 aromatic rings. The maximum absolute atomic E-state index is 6.50. The first-order chi connectivity index (χ1) is 23.3. The van der Waals surface area contributed by atoms with Crippen molar-refractivity contribution < 1.29 is 4.42 Å². The highest BCUT2D eigenvalue weighted by Gasteiger charge is 2.19. The van der Waals surface area contributed by atoms with Gasteiger partial charge in [-0.25, -0.2) is 15.0 Å². The molecule has 0 bridgehead atoms. The zero-order valence-corrected chi connectivity index (χ0v) is 25.3. The zero-order chi connectivity index (χ0) is 31.2. The third kappa shape index (κ3) is 4.84. The summed E-state index contributed by atoms with van der Waals surface area (Å²) in [6.07, 6.45) is 0. The molecule has 4 nitrogen and oxygen atoms in total. The Hall–Kier alpha value is -6.39. The SMILES string of the molecule is c1ccc(-c2ccc(-c3cc(-c4ccc5c(c4)nc(-c4ccccc4)c4c6ccccc6oc54)nc(-c4ccccc4)n3)cc2)cc1. The maximum Gasteiger partial charge on any atom is 0.160 e. The molecule has 0 amide bonds. The van der Waals surface area contributed by atoms with Gasteiger partial charge in [-0.05, 0) is 35.4 Å². The molecule has 4 heteroatoms. The molecule has 47 heavy (non-hydrogen) atoms. The maximum atomic E-state index is 6.50. The lowest BCUT2D eigenvalue weighted by atomic mass is 10.00. The van der Waals surface area contributed by atoms with E-state index in [1.165, 1.54) is 11.1 Å². The molecule has 0 saturated heterocycles. The number of hydrogen-bond donors (Lipinski definition) is 0. The Kier molecular flexibility index (Phi) is 6.43. The van der Waals surface area contributed by atoms with E-state index in [0.29, 0.717) is 5.82 Å². The average Bonchev–Trinajstić information content (AvgIpc) is 3.55. The minimum Gasteiger partial charge on any atom is -0.455 e. The van der Waals surface area contributed by atoms with Crippen molar-refractivity contribution in [2.24, 2.45) is 0 Å². The molecule has 0 unspecified atom stereocenters. The first-order valence-corrected chi connectivity index (χ1v) is 15.7. The molecule has 3 aromatic heterocycles. The third-order valence-electron chi connectivity index (χ3n) is 8.70. The van der Waals surface area contributed by atoms with Crippen LogP contribution in [0.2, 0.25) is 0 Å². The van der Waals surface area contributed by atoms with Gasteiger partial charge in [0.15, 0.2) is 5.82 Å². The molecular weight excluding hydrogens is 574 g/mol. The lowest BCUT2D eigenvalue weighted by Gasteiger charge is -2.11. The number of furan rings is 1. The van der Waals surface area contributed by atoms with Gasteiger partial charge >= 0.3 is 0 Å². The van der Waals surface area contributed by atoms with Gasteiger partial charge in [-0.1, -0.05) is 140 Å². The topological polar surface area (TPSA) is 51.8 Å². The Labute approximate surface area is 271 Å². The van der Waals surface area contributed by atoms with Crippen molar-refractivity contribution in [1.82, 2.24) is 15.0 Å². The molecule has 0 aliphatic heterocycles. The number of fused-ring (bicyclic) bond motifs is 5. The summed E-state index contributed by atoms with van der Waals surface area (Å²) in [5.74, 6) is 0.677. The number of hydrogen-bond acceptors (Lipinski definition) is 4. The van der Waals surface area contributed by atoms with Crippen LogP contribution in [0.3, 0.4) is 0 Å². The summed E-state index contributed by atoms with van der Waals surface area (Å²) >= 11 is 0. The highest BCUT2D eigenvalue weighted by molar-refractivity contribution is 6.19. The second-order valence-electron chi connectivity index (χ2n) is 11.6. The van der Waals surface area contributed by atoms with Crippen molar-refractivity contribution in [3.63, 3.8) is 0 Å². The number of rotatable bonds is 5. The predicted octanol–water partition coefficient (Wildman–Crippen LogP) is 11.3. The normalized spacial score (nSPS) is 11.4. The minimum absolute atomic E-state index is 0.677. The molecule has 0 N–H and O–H groups in total. The van der Waals surface area contributed by atoms with Gasteiger partial charge in [0, 0.05) is 33.0 Å². The van der Waals surface area contributed by atoms with Gasteiger partial charge in [0.2, 0.25) is 0 Å². The average molecular weight is 602 g/mol. The Morgan fingerprint density at radius 3 is 1.66 bits per heavy atom. The van der Waals surface area contributed by atoms with Crippen LogP contribution in [0.1, 0.15) is 0 Å². The summed E-state index contributed by atoms with van der Waals surface area (Å²) in [6, 6.07) is 56.0. The third-order valence-corrected chi connectivity index (χ3v) is 8.70. The van der Waals surface area contributed by atoms with Gasteiger partial charge in [0.05, 0.1) is 28.0 Å². The van der Waals surface area contributed by atoms with Crippen molar-refractivity contribution in [2.75, 3.05) is 0 Å². The molecule has 220 valence electrons. The number of pyridine rings is 1. The van der Waals surface area contributed by atoms with Gasteiger partial charge in [0.1, 0.15) is 11.2 Å². The summed E-state index contributed by atoms with van der Waals surface area (Å²) in [5, 5.41) is 3.06. The van der Waals surface area contributed by atoms with E-state index in [1.807, 2.05) is 72.8 Å². The van der Waals surface area contributed by atoms with E-state index in [0.717, 1.165) is 72.2 Å². The van der Waals surface area contributed by atoms with Crippen LogP contribution < -0.4 is 0 Å². The molecule has 3 heterocycles. The summed E-state index contributed by atoms with van der Waals surface area (Å²) in [4.78, 5) is 15.4. The lowest BCUT2D eigenvalue weighted by molar-refractivity contribution is 0.672. The van der Waals surface area contributed by atoms with Gasteiger partial charge in [0.25, 0.3) is 0 Å². The Bertz CT molecular complexity index is 2540. The second kappa shape index (κ2) is 11.2. The fraction of sp³-hybridized carbons (Fsp3) is 0.